The summed E-state index contributed by atoms with van der Waals surface area (Å²) in [5.41, 5.74) is 3.96. The Hall–Kier alpha value is -4.39. The predicted octanol–water partition coefficient (Wildman–Crippen LogP) is 5.93. The van der Waals surface area contributed by atoms with Gasteiger partial charge in [-0.2, -0.15) is 0 Å². The summed E-state index contributed by atoms with van der Waals surface area (Å²) in [6.07, 6.45) is 1.70. The van der Waals surface area contributed by atoms with Crippen LogP contribution in [0.15, 0.2) is 72.3 Å². The maximum absolute atomic E-state index is 13.5. The van der Waals surface area contributed by atoms with Gasteiger partial charge in [0.05, 0.1) is 18.2 Å². The number of ether oxygens (including phenoxy) is 1. The number of rotatable bonds is 8. The van der Waals surface area contributed by atoms with Gasteiger partial charge in [0.25, 0.3) is 11.7 Å². The molecule has 0 radical (unpaired) electrons. The normalized spacial score (nSPS) is 16.5. The molecule has 7 heteroatoms. The van der Waals surface area contributed by atoms with E-state index in [1.807, 2.05) is 45.0 Å². The first-order valence-electron chi connectivity index (χ1n) is 12.8. The average molecular weight is 513 g/mol. The minimum Gasteiger partial charge on any atom is -0.507 e. The van der Waals surface area contributed by atoms with Crippen molar-refractivity contribution in [2.45, 2.75) is 46.6 Å². The second-order valence-corrected chi connectivity index (χ2v) is 9.32. The fourth-order valence-corrected chi connectivity index (χ4v) is 4.61. The molecule has 1 atom stereocenters. The Morgan fingerprint density at radius 3 is 2.39 bits per heavy atom. The third kappa shape index (κ3) is 5.32. The highest BCUT2D eigenvalue weighted by Crippen LogP contribution is 2.43. The molecule has 196 valence electrons. The van der Waals surface area contributed by atoms with Gasteiger partial charge in [-0.25, -0.2) is 0 Å². The van der Waals surface area contributed by atoms with Crippen molar-refractivity contribution >= 4 is 34.7 Å². The number of aliphatic hydroxyl groups excluding tert-OH is 1. The molecule has 2 amide bonds. The van der Waals surface area contributed by atoms with Crippen LogP contribution in [0.1, 0.15) is 55.5 Å². The number of Topliss-reactive ketones (excluding diaryl/α,β-unsaturated/α-hetero) is 1. The van der Waals surface area contributed by atoms with Gasteiger partial charge >= 0.3 is 0 Å². The van der Waals surface area contributed by atoms with Crippen molar-refractivity contribution in [2.24, 2.45) is 0 Å². The standard InChI is InChI=1S/C31H32N2O5/c1-5-16-38-26-15-14-23(17-19(26)3)29(35)27-28(22-12-10-21(6-2)11-13-22)33(31(37)30(27)36)25-9-7-8-24(18-25)32-20(4)34/h7-15,17-18,28,35H,5-6,16H2,1-4H3,(H,32,34)/b29-27+. The molecule has 0 spiro atoms. The quantitative estimate of drug-likeness (QED) is 0.222. The highest BCUT2D eigenvalue weighted by Gasteiger charge is 2.47. The van der Waals surface area contributed by atoms with Crippen molar-refractivity contribution in [1.29, 1.82) is 0 Å². The molecule has 3 aromatic rings. The van der Waals surface area contributed by atoms with Crippen LogP contribution >= 0.6 is 0 Å². The van der Waals surface area contributed by atoms with E-state index >= 15 is 0 Å². The van der Waals surface area contributed by atoms with Crippen LogP contribution in [0.5, 0.6) is 5.75 Å². The van der Waals surface area contributed by atoms with Crippen molar-refractivity contribution in [3.8, 4) is 5.75 Å². The summed E-state index contributed by atoms with van der Waals surface area (Å²) in [7, 11) is 0. The van der Waals surface area contributed by atoms with E-state index in [9.17, 15) is 19.5 Å². The van der Waals surface area contributed by atoms with Gasteiger partial charge in [-0.3, -0.25) is 19.3 Å². The largest absolute Gasteiger partial charge is 0.507 e. The van der Waals surface area contributed by atoms with Gasteiger partial charge in [-0.15, -0.1) is 0 Å². The first-order chi connectivity index (χ1) is 18.2. The Kier molecular flexibility index (Phi) is 7.96. The van der Waals surface area contributed by atoms with Crippen LogP contribution in [0.3, 0.4) is 0 Å². The molecule has 1 saturated heterocycles. The minimum absolute atomic E-state index is 0.00538. The number of anilines is 2. The molecule has 1 aliphatic heterocycles. The van der Waals surface area contributed by atoms with Gasteiger partial charge in [0.2, 0.25) is 5.91 Å². The Morgan fingerprint density at radius 1 is 1.03 bits per heavy atom. The summed E-state index contributed by atoms with van der Waals surface area (Å²) >= 11 is 0. The number of hydrogen-bond acceptors (Lipinski definition) is 5. The summed E-state index contributed by atoms with van der Waals surface area (Å²) in [5.74, 6) is -1.33. The maximum Gasteiger partial charge on any atom is 0.300 e. The minimum atomic E-state index is -0.857. The lowest BCUT2D eigenvalue weighted by atomic mass is 9.94. The van der Waals surface area contributed by atoms with Crippen LogP contribution in [0, 0.1) is 6.92 Å². The fraction of sp³-hybridized carbons (Fsp3) is 0.258. The van der Waals surface area contributed by atoms with E-state index in [1.165, 1.54) is 11.8 Å². The van der Waals surface area contributed by atoms with Crippen molar-refractivity contribution < 1.29 is 24.2 Å². The monoisotopic (exact) mass is 512 g/mol. The Bertz CT molecular complexity index is 1410. The Morgan fingerprint density at radius 2 is 1.76 bits per heavy atom. The van der Waals surface area contributed by atoms with Crippen molar-refractivity contribution in [1.82, 2.24) is 0 Å². The molecule has 0 aliphatic carbocycles. The van der Waals surface area contributed by atoms with Gasteiger partial charge in [0.1, 0.15) is 11.5 Å². The lowest BCUT2D eigenvalue weighted by molar-refractivity contribution is -0.132. The van der Waals surface area contributed by atoms with Gasteiger partial charge in [-0.05, 0) is 72.9 Å². The van der Waals surface area contributed by atoms with E-state index in [4.69, 9.17) is 4.74 Å². The van der Waals surface area contributed by atoms with E-state index in [1.54, 1.807) is 42.5 Å². The van der Waals surface area contributed by atoms with Crippen molar-refractivity contribution in [3.05, 3.63) is 94.6 Å². The summed E-state index contributed by atoms with van der Waals surface area (Å²) in [6.45, 7) is 7.91. The molecule has 0 aromatic heterocycles. The number of aliphatic hydroxyl groups is 1. The van der Waals surface area contributed by atoms with Crippen molar-refractivity contribution in [2.75, 3.05) is 16.8 Å². The molecular formula is C31H32N2O5. The van der Waals surface area contributed by atoms with E-state index in [2.05, 4.69) is 5.32 Å². The lowest BCUT2D eigenvalue weighted by Crippen LogP contribution is -2.29. The first kappa shape index (κ1) is 26.7. The topological polar surface area (TPSA) is 95.9 Å². The molecule has 3 aromatic carbocycles. The van der Waals surface area contributed by atoms with E-state index in [0.717, 1.165) is 24.0 Å². The molecule has 7 nitrogen and oxygen atoms in total. The molecule has 0 saturated carbocycles. The zero-order chi connectivity index (χ0) is 27.4. The van der Waals surface area contributed by atoms with Gasteiger partial charge in [0, 0.05) is 23.9 Å². The third-order valence-electron chi connectivity index (χ3n) is 6.50. The lowest BCUT2D eigenvalue weighted by Gasteiger charge is -2.26. The Labute approximate surface area is 222 Å². The zero-order valence-electron chi connectivity index (χ0n) is 22.1. The van der Waals surface area contributed by atoms with Crippen LogP contribution in [-0.4, -0.2) is 29.3 Å². The maximum atomic E-state index is 13.5. The molecule has 4 rings (SSSR count). The van der Waals surface area contributed by atoms with Gasteiger partial charge in [0.15, 0.2) is 0 Å². The number of carbonyl (C=O) groups excluding carboxylic acids is 3. The molecule has 0 bridgehead atoms. The average Bonchev–Trinajstić information content (AvgIpc) is 3.17. The number of nitrogens with one attached hydrogen (secondary N) is 1. The second-order valence-electron chi connectivity index (χ2n) is 9.32. The molecule has 1 unspecified atom stereocenters. The molecule has 1 aliphatic rings. The van der Waals surface area contributed by atoms with Crippen LogP contribution < -0.4 is 15.0 Å². The molecule has 1 fully saturated rings. The highest BCUT2D eigenvalue weighted by molar-refractivity contribution is 6.51. The van der Waals surface area contributed by atoms with Crippen molar-refractivity contribution in [3.63, 3.8) is 0 Å². The predicted molar refractivity (Wildman–Crippen MR) is 148 cm³/mol. The van der Waals surface area contributed by atoms with Crippen LogP contribution in [-0.2, 0) is 20.8 Å². The van der Waals surface area contributed by atoms with Gasteiger partial charge < -0.3 is 15.2 Å². The molecular weight excluding hydrogens is 480 g/mol. The van der Waals surface area contributed by atoms with Crippen LogP contribution in [0.4, 0.5) is 11.4 Å². The molecule has 38 heavy (non-hydrogen) atoms. The number of nitrogens with zero attached hydrogens (tertiary/aromatic N) is 1. The number of ketones is 1. The van der Waals surface area contributed by atoms with Crippen LogP contribution in [0.2, 0.25) is 0 Å². The zero-order valence-corrected chi connectivity index (χ0v) is 22.1. The highest BCUT2D eigenvalue weighted by atomic mass is 16.5. The smallest absolute Gasteiger partial charge is 0.300 e. The first-order valence-corrected chi connectivity index (χ1v) is 12.8. The van der Waals surface area contributed by atoms with E-state index in [-0.39, 0.29) is 17.2 Å². The third-order valence-corrected chi connectivity index (χ3v) is 6.50. The second kappa shape index (κ2) is 11.3. The number of carbonyl (C=O) groups is 3. The molecule has 2 N–H and O–H groups in total. The number of benzene rings is 3. The number of aryl methyl sites for hydroxylation is 2. The summed E-state index contributed by atoms with van der Waals surface area (Å²) in [5, 5.41) is 14.2. The van der Waals surface area contributed by atoms with Gasteiger partial charge in [-0.1, -0.05) is 44.2 Å². The summed E-state index contributed by atoms with van der Waals surface area (Å²) in [4.78, 5) is 39.9. The molecule has 1 heterocycles. The van der Waals surface area contributed by atoms with E-state index < -0.39 is 17.7 Å². The SMILES string of the molecule is CCCOc1ccc(/C(O)=C2\C(=O)C(=O)N(c3cccc(NC(C)=O)c3)C2c2ccc(CC)cc2)cc1C. The Balaban J connectivity index is 1.87. The number of hydrogen-bond donors (Lipinski definition) is 2. The fourth-order valence-electron chi connectivity index (χ4n) is 4.61. The summed E-state index contributed by atoms with van der Waals surface area (Å²) in [6, 6.07) is 18.8. The van der Waals surface area contributed by atoms with E-state index in [0.29, 0.717) is 34.9 Å². The number of amides is 2. The van der Waals surface area contributed by atoms with Crippen LogP contribution in [0.25, 0.3) is 5.76 Å². The summed E-state index contributed by atoms with van der Waals surface area (Å²) < 4.78 is 5.75.